The summed E-state index contributed by atoms with van der Waals surface area (Å²) in [6.07, 6.45) is 0. The number of isothiocyanates is 2. The van der Waals surface area contributed by atoms with Gasteiger partial charge in [-0.2, -0.15) is 0 Å². The van der Waals surface area contributed by atoms with E-state index in [0.717, 1.165) is 10.7 Å². The Morgan fingerprint density at radius 3 is 1.04 bits per heavy atom. The first-order valence-electron chi connectivity index (χ1n) is 7.78. The van der Waals surface area contributed by atoms with Gasteiger partial charge in [-0.3, -0.25) is 0 Å². The summed E-state index contributed by atoms with van der Waals surface area (Å²) in [5, 5.41) is 5.30. The van der Waals surface area contributed by atoms with Gasteiger partial charge in [0, 0.05) is 0 Å². The van der Waals surface area contributed by atoms with Crippen LogP contribution in [0.15, 0.2) is 97.4 Å². The third kappa shape index (κ3) is 2.82. The first-order chi connectivity index (χ1) is 12.3. The van der Waals surface area contributed by atoms with Gasteiger partial charge in [-0.15, -0.1) is 0 Å². The second-order valence-electron chi connectivity index (χ2n) is 5.65. The predicted octanol–water partition coefficient (Wildman–Crippen LogP) is 3.31. The van der Waals surface area contributed by atoms with Gasteiger partial charge in [-0.1, -0.05) is 0 Å². The molecular weight excluding hydrogens is 451 g/mol. The van der Waals surface area contributed by atoms with E-state index in [2.05, 4.69) is 46.7 Å². The fraction of sp³-hybridized carbons (Fsp3) is 0. The van der Waals surface area contributed by atoms with E-state index in [1.807, 2.05) is 54.6 Å². The van der Waals surface area contributed by atoms with Crippen molar-refractivity contribution in [3.05, 3.63) is 91.0 Å². The Hall–Kier alpha value is -1.94. The molecule has 0 heterocycles. The Morgan fingerprint density at radius 1 is 0.520 bits per heavy atom. The van der Waals surface area contributed by atoms with Gasteiger partial charge < -0.3 is 0 Å². The molecule has 3 aromatic carbocycles. The molecule has 0 atom stereocenters. The molecule has 0 spiro atoms. The van der Waals surface area contributed by atoms with Crippen LogP contribution in [0.1, 0.15) is 0 Å². The molecule has 0 bridgehead atoms. The third-order valence-corrected chi connectivity index (χ3v) is 20.9. The van der Waals surface area contributed by atoms with Gasteiger partial charge in [-0.25, -0.2) is 0 Å². The van der Waals surface area contributed by atoms with Crippen LogP contribution in [-0.2, 0) is 0 Å². The summed E-state index contributed by atoms with van der Waals surface area (Å²) in [6.45, 7) is 0. The van der Waals surface area contributed by atoms with Crippen molar-refractivity contribution in [3.8, 4) is 0 Å². The van der Waals surface area contributed by atoms with Crippen molar-refractivity contribution in [1.82, 2.24) is 0 Å². The Morgan fingerprint density at radius 2 is 0.800 bits per heavy atom. The first-order valence-corrected chi connectivity index (χ1v) is 15.4. The number of nitrogens with zero attached hydrogens (tertiary/aromatic N) is 2. The molecule has 3 rings (SSSR count). The molecule has 0 aliphatic heterocycles. The Kier molecular flexibility index (Phi) is 5.38. The summed E-state index contributed by atoms with van der Waals surface area (Å²) >= 11 is 5.35. The zero-order valence-corrected chi connectivity index (χ0v) is 17.9. The van der Waals surface area contributed by atoms with Crippen LogP contribution in [0.5, 0.6) is 0 Å². The quantitative estimate of drug-likeness (QED) is 0.328. The number of benzene rings is 3. The predicted molar refractivity (Wildman–Crippen MR) is 114 cm³/mol. The molecule has 2 nitrogen and oxygen atoms in total. The molecule has 0 N–H and O–H groups in total. The first kappa shape index (κ1) is 17.9. The van der Waals surface area contributed by atoms with Crippen LogP contribution in [-0.4, -0.2) is 27.9 Å². The van der Waals surface area contributed by atoms with Crippen LogP contribution in [0.25, 0.3) is 0 Å². The number of thiocarbonyl (C=S) groups is 2. The molecule has 5 heteroatoms. The van der Waals surface area contributed by atoms with Crippen molar-refractivity contribution in [2.45, 2.75) is 0 Å². The van der Waals surface area contributed by atoms with E-state index in [-0.39, 0.29) is 0 Å². The van der Waals surface area contributed by atoms with E-state index >= 15 is 0 Å². The number of rotatable bonds is 5. The molecule has 0 aromatic heterocycles. The third-order valence-electron chi connectivity index (χ3n) is 4.49. The van der Waals surface area contributed by atoms with Gasteiger partial charge in [0.25, 0.3) is 0 Å². The summed E-state index contributed by atoms with van der Waals surface area (Å²) < 4.78 is 12.8. The summed E-state index contributed by atoms with van der Waals surface area (Å²) in [7, 11) is 0. The SMILES string of the molecule is S=C=[N][Sn-]([N]=C=S)([c]1ccccc1)([c]1ccccc1)[c]1ccccc1. The maximum absolute atomic E-state index is 5.10. The van der Waals surface area contributed by atoms with Crippen LogP contribution in [0, 0.1) is 0 Å². The molecule has 0 unspecified atom stereocenters. The molecule has 122 valence electrons. The molecule has 0 aliphatic rings. The van der Waals surface area contributed by atoms with Gasteiger partial charge >= 0.3 is 160 Å². The summed E-state index contributed by atoms with van der Waals surface area (Å²) in [6, 6.07) is 30.2. The second kappa shape index (κ2) is 7.52. The molecule has 0 radical (unpaired) electrons. The van der Waals surface area contributed by atoms with E-state index in [4.69, 9.17) is 30.9 Å². The average molecular weight is 466 g/mol. The summed E-state index contributed by atoms with van der Waals surface area (Å²) in [5.41, 5.74) is 0. The number of hydrogen-bond donors (Lipinski definition) is 0. The Balaban J connectivity index is 2.63. The average Bonchev–Trinajstić information content (AvgIpc) is 2.70. The van der Waals surface area contributed by atoms with Crippen molar-refractivity contribution in [3.63, 3.8) is 0 Å². The molecule has 0 aliphatic carbocycles. The Bertz CT molecular complexity index is 841. The van der Waals surface area contributed by atoms with Crippen LogP contribution in [0.4, 0.5) is 0 Å². The molecule has 3 aromatic rings. The van der Waals surface area contributed by atoms with E-state index in [1.165, 1.54) is 0 Å². The van der Waals surface area contributed by atoms with Gasteiger partial charge in [0.15, 0.2) is 0 Å². The molecular formula is C20H15N2S2Sn-. The fourth-order valence-corrected chi connectivity index (χ4v) is 19.0. The van der Waals surface area contributed by atoms with Gasteiger partial charge in [0.1, 0.15) is 0 Å². The minimum atomic E-state index is -4.85. The van der Waals surface area contributed by atoms with E-state index in [1.54, 1.807) is 0 Å². The molecule has 0 saturated carbocycles. The fourth-order valence-electron chi connectivity index (χ4n) is 3.35. The maximum atomic E-state index is 5.10. The van der Waals surface area contributed by atoms with E-state index < -0.39 is 17.5 Å². The van der Waals surface area contributed by atoms with Gasteiger partial charge in [-0.05, 0) is 0 Å². The Labute approximate surface area is 159 Å². The second-order valence-corrected chi connectivity index (χ2v) is 18.8. The van der Waals surface area contributed by atoms with Gasteiger partial charge in [0.2, 0.25) is 0 Å². The number of hydrogen-bond acceptors (Lipinski definition) is 4. The van der Waals surface area contributed by atoms with Crippen molar-refractivity contribution < 1.29 is 0 Å². The minimum absolute atomic E-state index is 1.02. The van der Waals surface area contributed by atoms with Crippen LogP contribution < -0.4 is 10.7 Å². The zero-order valence-electron chi connectivity index (χ0n) is 13.4. The monoisotopic (exact) mass is 467 g/mol. The van der Waals surface area contributed by atoms with E-state index in [0.29, 0.717) is 0 Å². The van der Waals surface area contributed by atoms with Crippen LogP contribution in [0.3, 0.4) is 0 Å². The van der Waals surface area contributed by atoms with E-state index in [9.17, 15) is 0 Å². The summed E-state index contributed by atoms with van der Waals surface area (Å²) in [5.74, 6) is 0. The summed E-state index contributed by atoms with van der Waals surface area (Å²) in [4.78, 5) is 0. The standard InChI is InChI=1S/3C6H5.2CNS.Sn/c3*1-2-4-6-5-3-1;2*2-1-3;/h3*1-5H;;;/q;;;2*-1;+1. The van der Waals surface area contributed by atoms with Crippen molar-refractivity contribution in [2.75, 3.05) is 0 Å². The molecule has 0 amide bonds. The topological polar surface area (TPSA) is 24.7 Å². The molecule has 0 saturated heterocycles. The normalized spacial score (nSPS) is 12.1. The zero-order chi connectivity index (χ0) is 17.6. The van der Waals surface area contributed by atoms with Crippen molar-refractivity contribution >= 4 is 63.0 Å². The van der Waals surface area contributed by atoms with Crippen LogP contribution >= 0.6 is 24.4 Å². The van der Waals surface area contributed by atoms with Crippen LogP contribution in [0.2, 0.25) is 0 Å². The van der Waals surface area contributed by atoms with Crippen molar-refractivity contribution in [1.29, 1.82) is 0 Å². The van der Waals surface area contributed by atoms with Gasteiger partial charge in [0.05, 0.1) is 0 Å². The molecule has 25 heavy (non-hydrogen) atoms. The molecule has 0 fully saturated rings. The van der Waals surface area contributed by atoms with Crippen molar-refractivity contribution in [2.24, 2.45) is 6.43 Å².